The third-order valence-electron chi connectivity index (χ3n) is 3.55. The molecule has 1 fully saturated rings. The molecule has 4 N–H and O–H groups in total. The molecule has 1 heterocycles. The summed E-state index contributed by atoms with van der Waals surface area (Å²) in [5.41, 5.74) is 10.1. The third-order valence-corrected chi connectivity index (χ3v) is 3.55. The molecule has 1 rings (SSSR count). The lowest BCUT2D eigenvalue weighted by Gasteiger charge is -2.21. The summed E-state index contributed by atoms with van der Waals surface area (Å²) >= 11 is 0. The minimum Gasteiger partial charge on any atom is -0.380 e. The van der Waals surface area contributed by atoms with Crippen molar-refractivity contribution in [3.05, 3.63) is 0 Å². The SMILES string of the molecule is COC1CCN(CCCCC(C)(N)C(N)=O)C1. The van der Waals surface area contributed by atoms with Crippen LogP contribution in [0.1, 0.15) is 32.6 Å². The molecular formula is C12H25N3O2. The van der Waals surface area contributed by atoms with Gasteiger partial charge in [0.05, 0.1) is 11.6 Å². The molecule has 0 aromatic carbocycles. The van der Waals surface area contributed by atoms with Gasteiger partial charge in [0.1, 0.15) is 0 Å². The number of hydrogen-bond donors (Lipinski definition) is 2. The first kappa shape index (κ1) is 14.4. The molecule has 0 aliphatic carbocycles. The number of likely N-dealkylation sites (tertiary alicyclic amines) is 1. The molecule has 1 amide bonds. The van der Waals surface area contributed by atoms with Crippen molar-refractivity contribution in [2.24, 2.45) is 11.5 Å². The van der Waals surface area contributed by atoms with Crippen molar-refractivity contribution in [2.75, 3.05) is 26.7 Å². The molecule has 2 unspecified atom stereocenters. The number of nitrogens with two attached hydrogens (primary N) is 2. The number of unbranched alkanes of at least 4 members (excludes halogenated alkanes) is 1. The summed E-state index contributed by atoms with van der Waals surface area (Å²) in [5.74, 6) is -0.418. The van der Waals surface area contributed by atoms with Crippen molar-refractivity contribution < 1.29 is 9.53 Å². The van der Waals surface area contributed by atoms with Gasteiger partial charge in [-0.05, 0) is 39.2 Å². The molecule has 100 valence electrons. The summed E-state index contributed by atoms with van der Waals surface area (Å²) in [4.78, 5) is 13.4. The number of methoxy groups -OCH3 is 1. The molecule has 5 heteroatoms. The first-order valence-corrected chi connectivity index (χ1v) is 6.29. The Morgan fingerprint density at radius 2 is 2.24 bits per heavy atom. The van der Waals surface area contributed by atoms with Crippen LogP contribution in [-0.2, 0) is 9.53 Å². The first-order chi connectivity index (χ1) is 7.95. The van der Waals surface area contributed by atoms with Crippen molar-refractivity contribution in [3.63, 3.8) is 0 Å². The number of nitrogens with zero attached hydrogens (tertiary/aromatic N) is 1. The Balaban J connectivity index is 2.11. The Labute approximate surface area is 103 Å². The van der Waals surface area contributed by atoms with Gasteiger partial charge in [-0.25, -0.2) is 0 Å². The summed E-state index contributed by atoms with van der Waals surface area (Å²) in [7, 11) is 1.76. The average Bonchev–Trinajstić information content (AvgIpc) is 2.72. The lowest BCUT2D eigenvalue weighted by molar-refractivity contribution is -0.122. The fourth-order valence-corrected chi connectivity index (χ4v) is 2.14. The van der Waals surface area contributed by atoms with Crippen LogP contribution in [0.4, 0.5) is 0 Å². The number of primary amides is 1. The molecule has 0 aromatic heterocycles. The van der Waals surface area contributed by atoms with E-state index in [0.29, 0.717) is 12.5 Å². The van der Waals surface area contributed by atoms with Gasteiger partial charge < -0.3 is 21.1 Å². The van der Waals surface area contributed by atoms with Gasteiger partial charge in [0.15, 0.2) is 0 Å². The number of amides is 1. The van der Waals surface area contributed by atoms with E-state index < -0.39 is 11.4 Å². The Hall–Kier alpha value is -0.650. The fraction of sp³-hybridized carbons (Fsp3) is 0.917. The van der Waals surface area contributed by atoms with E-state index in [9.17, 15) is 4.79 Å². The number of rotatable bonds is 7. The Morgan fingerprint density at radius 1 is 1.53 bits per heavy atom. The van der Waals surface area contributed by atoms with Crippen LogP contribution in [0.3, 0.4) is 0 Å². The van der Waals surface area contributed by atoms with E-state index in [0.717, 1.165) is 38.9 Å². The largest absolute Gasteiger partial charge is 0.380 e. The Morgan fingerprint density at radius 3 is 2.76 bits per heavy atom. The number of ether oxygens (including phenoxy) is 1. The first-order valence-electron chi connectivity index (χ1n) is 6.29. The molecule has 0 spiro atoms. The molecule has 0 aromatic rings. The smallest absolute Gasteiger partial charge is 0.237 e. The second-order valence-electron chi connectivity index (χ2n) is 5.19. The monoisotopic (exact) mass is 243 g/mol. The van der Waals surface area contributed by atoms with Gasteiger partial charge in [0, 0.05) is 20.2 Å². The lowest BCUT2D eigenvalue weighted by atomic mass is 9.95. The van der Waals surface area contributed by atoms with E-state index in [4.69, 9.17) is 16.2 Å². The van der Waals surface area contributed by atoms with Crippen LogP contribution in [0.25, 0.3) is 0 Å². The quantitative estimate of drug-likeness (QED) is 0.620. The molecule has 0 radical (unpaired) electrons. The Kier molecular flexibility index (Phi) is 5.36. The summed E-state index contributed by atoms with van der Waals surface area (Å²) in [6.07, 6.45) is 4.15. The van der Waals surface area contributed by atoms with Gasteiger partial charge in [-0.3, -0.25) is 4.79 Å². The summed E-state index contributed by atoms with van der Waals surface area (Å²) in [6.45, 7) is 4.88. The van der Waals surface area contributed by atoms with Gasteiger partial charge >= 0.3 is 0 Å². The second kappa shape index (κ2) is 6.33. The minimum atomic E-state index is -0.861. The minimum absolute atomic E-state index is 0.389. The van der Waals surface area contributed by atoms with Gasteiger partial charge in [-0.2, -0.15) is 0 Å². The van der Waals surface area contributed by atoms with Crippen LogP contribution in [-0.4, -0.2) is 49.2 Å². The molecule has 0 bridgehead atoms. The van der Waals surface area contributed by atoms with Crippen LogP contribution in [0, 0.1) is 0 Å². The predicted molar refractivity (Wildman–Crippen MR) is 67.5 cm³/mol. The normalized spacial score (nSPS) is 24.8. The third kappa shape index (κ3) is 4.61. The molecule has 1 saturated heterocycles. The standard InChI is InChI=1S/C12H25N3O2/c1-12(14,11(13)16)6-3-4-7-15-8-5-10(9-15)17-2/h10H,3-9,14H2,1-2H3,(H2,13,16). The Bertz CT molecular complexity index is 256. The van der Waals surface area contributed by atoms with E-state index in [-0.39, 0.29) is 0 Å². The highest BCUT2D eigenvalue weighted by atomic mass is 16.5. The van der Waals surface area contributed by atoms with Crippen LogP contribution < -0.4 is 11.5 Å². The van der Waals surface area contributed by atoms with E-state index in [1.807, 2.05) is 0 Å². The maximum Gasteiger partial charge on any atom is 0.237 e. The maximum absolute atomic E-state index is 11.0. The van der Waals surface area contributed by atoms with Crippen LogP contribution in [0.5, 0.6) is 0 Å². The summed E-state index contributed by atoms with van der Waals surface area (Å²) < 4.78 is 5.31. The van der Waals surface area contributed by atoms with Crippen molar-refractivity contribution >= 4 is 5.91 Å². The van der Waals surface area contributed by atoms with E-state index in [1.165, 1.54) is 0 Å². The van der Waals surface area contributed by atoms with Crippen molar-refractivity contribution in [1.82, 2.24) is 4.90 Å². The highest BCUT2D eigenvalue weighted by Gasteiger charge is 2.25. The zero-order valence-electron chi connectivity index (χ0n) is 10.9. The molecule has 1 aliphatic rings. The number of carbonyl (C=O) groups excluding carboxylic acids is 1. The van der Waals surface area contributed by atoms with E-state index in [2.05, 4.69) is 4.90 Å². The topological polar surface area (TPSA) is 81.6 Å². The molecule has 0 saturated carbocycles. The van der Waals surface area contributed by atoms with Gasteiger partial charge in [0.2, 0.25) is 5.91 Å². The molecule has 1 aliphatic heterocycles. The maximum atomic E-state index is 11.0. The predicted octanol–water partition coefficient (Wildman–Crippen LogP) is 0.0801. The fourth-order valence-electron chi connectivity index (χ4n) is 2.14. The molecule has 2 atom stereocenters. The molecule has 5 nitrogen and oxygen atoms in total. The van der Waals surface area contributed by atoms with Crippen LogP contribution >= 0.6 is 0 Å². The van der Waals surface area contributed by atoms with Crippen LogP contribution in [0.15, 0.2) is 0 Å². The lowest BCUT2D eigenvalue weighted by Crippen LogP contribution is -2.49. The van der Waals surface area contributed by atoms with Crippen molar-refractivity contribution in [2.45, 2.75) is 44.2 Å². The zero-order chi connectivity index (χ0) is 12.9. The summed E-state index contributed by atoms with van der Waals surface area (Å²) in [6, 6.07) is 0. The van der Waals surface area contributed by atoms with E-state index in [1.54, 1.807) is 14.0 Å². The number of hydrogen-bond acceptors (Lipinski definition) is 4. The van der Waals surface area contributed by atoms with Crippen molar-refractivity contribution in [1.29, 1.82) is 0 Å². The zero-order valence-corrected chi connectivity index (χ0v) is 10.9. The van der Waals surface area contributed by atoms with Gasteiger partial charge in [-0.1, -0.05) is 0 Å². The molecule has 17 heavy (non-hydrogen) atoms. The van der Waals surface area contributed by atoms with E-state index >= 15 is 0 Å². The van der Waals surface area contributed by atoms with Gasteiger partial charge in [0.25, 0.3) is 0 Å². The van der Waals surface area contributed by atoms with Gasteiger partial charge in [-0.15, -0.1) is 0 Å². The molecular weight excluding hydrogens is 218 g/mol. The highest BCUT2D eigenvalue weighted by Crippen LogP contribution is 2.14. The number of carbonyl (C=O) groups is 1. The average molecular weight is 243 g/mol. The van der Waals surface area contributed by atoms with Crippen molar-refractivity contribution in [3.8, 4) is 0 Å². The van der Waals surface area contributed by atoms with Crippen LogP contribution in [0.2, 0.25) is 0 Å². The summed E-state index contributed by atoms with van der Waals surface area (Å²) in [5, 5.41) is 0. The highest BCUT2D eigenvalue weighted by molar-refractivity contribution is 5.83. The second-order valence-corrected chi connectivity index (χ2v) is 5.19.